The van der Waals surface area contributed by atoms with Crippen molar-refractivity contribution in [3.05, 3.63) is 77.1 Å². The zero-order chi connectivity index (χ0) is 29.2. The molecule has 0 aromatic heterocycles. The summed E-state index contributed by atoms with van der Waals surface area (Å²) in [5, 5.41) is 17.7. The molecule has 218 valence electrons. The monoisotopic (exact) mass is 561 g/mol. The molecule has 1 aliphatic heterocycles. The Morgan fingerprint density at radius 1 is 1.22 bits per heavy atom. The van der Waals surface area contributed by atoms with Crippen molar-refractivity contribution in [1.29, 1.82) is 0 Å². The van der Waals surface area contributed by atoms with Crippen LogP contribution in [0.15, 0.2) is 54.6 Å². The van der Waals surface area contributed by atoms with E-state index < -0.39 is 18.0 Å². The normalized spacial score (nSPS) is 21.1. The van der Waals surface area contributed by atoms with Crippen LogP contribution in [0.2, 0.25) is 0 Å². The van der Waals surface area contributed by atoms with Gasteiger partial charge in [0.15, 0.2) is 0 Å². The molecule has 1 fully saturated rings. The van der Waals surface area contributed by atoms with Gasteiger partial charge in [-0.2, -0.15) is 0 Å². The van der Waals surface area contributed by atoms with E-state index in [-0.39, 0.29) is 49.8 Å². The van der Waals surface area contributed by atoms with E-state index >= 15 is 0 Å². The molecule has 2 atom stereocenters. The fourth-order valence-electron chi connectivity index (χ4n) is 5.24. The first-order valence-corrected chi connectivity index (χ1v) is 14.5. The van der Waals surface area contributed by atoms with Crippen LogP contribution in [0.1, 0.15) is 62.1 Å². The van der Waals surface area contributed by atoms with Gasteiger partial charge >= 0.3 is 0 Å². The molecule has 2 amide bonds. The Labute approximate surface area is 242 Å². The highest BCUT2D eigenvalue weighted by Gasteiger charge is 2.44. The van der Waals surface area contributed by atoms with E-state index in [1.165, 1.54) is 12.1 Å². The molecule has 2 aliphatic rings. The number of rotatable bonds is 7. The Morgan fingerprint density at radius 3 is 2.80 bits per heavy atom. The van der Waals surface area contributed by atoms with Crippen LogP contribution < -0.4 is 15.4 Å². The Bertz CT molecular complexity index is 1280. The van der Waals surface area contributed by atoms with Crippen molar-refractivity contribution >= 4 is 11.8 Å². The molecule has 1 aliphatic carbocycles. The summed E-state index contributed by atoms with van der Waals surface area (Å²) in [6, 6.07) is 11.6. The number of halogens is 1. The van der Waals surface area contributed by atoms with Gasteiger partial charge in [-0.1, -0.05) is 31.1 Å². The van der Waals surface area contributed by atoms with Gasteiger partial charge in [0.05, 0.1) is 12.1 Å². The van der Waals surface area contributed by atoms with E-state index in [2.05, 4.69) is 16.6 Å². The number of amides is 2. The summed E-state index contributed by atoms with van der Waals surface area (Å²) in [7, 11) is 0. The Morgan fingerprint density at radius 2 is 2.05 bits per heavy atom. The molecule has 7 nitrogen and oxygen atoms in total. The van der Waals surface area contributed by atoms with Crippen molar-refractivity contribution in [3.8, 4) is 18.1 Å². The molecule has 3 N–H and O–H groups in total. The molecule has 4 rings (SSSR count). The number of fused-ring (bicyclic) bond motifs is 2. The SMILES string of the molecule is C#Cc1cccc(C2(NCC(O)C3Cc4cc(F)cc(c4)OC/C=C\CN(CCC)C(=O)CCCC(=O)N3)CC2)c1. The van der Waals surface area contributed by atoms with Gasteiger partial charge in [-0.05, 0) is 73.6 Å². The van der Waals surface area contributed by atoms with E-state index in [0.29, 0.717) is 30.8 Å². The average molecular weight is 562 g/mol. The molecule has 8 heteroatoms. The highest BCUT2D eigenvalue weighted by molar-refractivity contribution is 5.79. The van der Waals surface area contributed by atoms with Gasteiger partial charge in [0, 0.05) is 49.6 Å². The maximum absolute atomic E-state index is 14.5. The van der Waals surface area contributed by atoms with E-state index in [1.807, 2.05) is 43.3 Å². The Balaban J connectivity index is 1.50. The molecule has 1 saturated carbocycles. The predicted octanol–water partition coefficient (Wildman–Crippen LogP) is 3.83. The number of hydrogen-bond donors (Lipinski definition) is 3. The third kappa shape index (κ3) is 8.66. The summed E-state index contributed by atoms with van der Waals surface area (Å²) in [4.78, 5) is 27.5. The topological polar surface area (TPSA) is 90.9 Å². The van der Waals surface area contributed by atoms with Crippen LogP contribution in [0.25, 0.3) is 0 Å². The molecular formula is C33H40FN3O4. The first-order valence-electron chi connectivity index (χ1n) is 14.5. The van der Waals surface area contributed by atoms with Crippen molar-refractivity contribution in [2.24, 2.45) is 0 Å². The number of aliphatic hydroxyl groups excluding tert-OH is 1. The fourth-order valence-corrected chi connectivity index (χ4v) is 5.24. The maximum atomic E-state index is 14.5. The third-order valence-corrected chi connectivity index (χ3v) is 7.66. The van der Waals surface area contributed by atoms with Gasteiger partial charge in [0.25, 0.3) is 0 Å². The van der Waals surface area contributed by atoms with Crippen molar-refractivity contribution in [1.82, 2.24) is 15.5 Å². The number of nitrogens with zero attached hydrogens (tertiary/aromatic N) is 1. The van der Waals surface area contributed by atoms with E-state index in [0.717, 1.165) is 30.4 Å². The minimum Gasteiger partial charge on any atom is -0.489 e. The number of aliphatic hydroxyl groups is 1. The van der Waals surface area contributed by atoms with E-state index in [1.54, 1.807) is 11.0 Å². The summed E-state index contributed by atoms with van der Waals surface area (Å²) < 4.78 is 20.3. The Hall–Kier alpha value is -3.67. The molecular weight excluding hydrogens is 521 g/mol. The standard InChI is InChI=1S/C33H40FN3O4/c1-3-15-37-16-5-6-17-41-28-20-25(19-27(34)22-28)21-29(36-31(39)11-8-12-32(37)40)30(38)23-35-33(13-14-33)26-10-7-9-24(4-2)18-26/h2,5-7,9-10,18-20,22,29-30,35,38H,3,8,11-17,21,23H2,1H3,(H,36,39)/b6-5-. The van der Waals surface area contributed by atoms with Crippen LogP contribution in [-0.4, -0.2) is 60.2 Å². The Kier molecular flexibility index (Phi) is 10.6. The lowest BCUT2D eigenvalue weighted by molar-refractivity contribution is -0.131. The molecule has 1 heterocycles. The summed E-state index contributed by atoms with van der Waals surface area (Å²) >= 11 is 0. The number of hydrogen-bond acceptors (Lipinski definition) is 5. The molecule has 41 heavy (non-hydrogen) atoms. The van der Waals surface area contributed by atoms with Crippen LogP contribution in [0.4, 0.5) is 4.39 Å². The molecule has 2 aromatic carbocycles. The molecule has 2 bridgehead atoms. The zero-order valence-electron chi connectivity index (χ0n) is 23.7. The molecule has 0 spiro atoms. The van der Waals surface area contributed by atoms with Crippen molar-refractivity contribution < 1.29 is 23.8 Å². The molecule has 2 unspecified atom stereocenters. The van der Waals surface area contributed by atoms with Gasteiger partial charge in [0.2, 0.25) is 11.8 Å². The van der Waals surface area contributed by atoms with Crippen molar-refractivity contribution in [2.45, 2.75) is 69.6 Å². The number of nitrogens with one attached hydrogen (secondary N) is 2. The smallest absolute Gasteiger partial charge is 0.222 e. The average Bonchev–Trinajstić information content (AvgIpc) is 3.75. The van der Waals surface area contributed by atoms with Gasteiger partial charge in [-0.3, -0.25) is 9.59 Å². The number of benzene rings is 2. The third-order valence-electron chi connectivity index (χ3n) is 7.66. The lowest BCUT2D eigenvalue weighted by Gasteiger charge is -2.27. The summed E-state index contributed by atoms with van der Waals surface area (Å²) in [6.45, 7) is 3.54. The van der Waals surface area contributed by atoms with Crippen LogP contribution in [0.3, 0.4) is 0 Å². The van der Waals surface area contributed by atoms with Gasteiger partial charge < -0.3 is 25.4 Å². The number of carbonyl (C=O) groups is 2. The first kappa shape index (κ1) is 30.3. The van der Waals surface area contributed by atoms with Crippen molar-refractivity contribution in [3.63, 3.8) is 0 Å². The second-order valence-electron chi connectivity index (χ2n) is 10.9. The quantitative estimate of drug-likeness (QED) is 0.353. The van der Waals surface area contributed by atoms with Crippen LogP contribution in [0, 0.1) is 18.2 Å². The lowest BCUT2D eigenvalue weighted by Crippen LogP contribution is -2.50. The lowest BCUT2D eigenvalue weighted by atomic mass is 9.98. The van der Waals surface area contributed by atoms with E-state index in [4.69, 9.17) is 11.2 Å². The highest BCUT2D eigenvalue weighted by atomic mass is 19.1. The predicted molar refractivity (Wildman–Crippen MR) is 157 cm³/mol. The van der Waals surface area contributed by atoms with Gasteiger partial charge in [-0.25, -0.2) is 4.39 Å². The number of ether oxygens (including phenoxy) is 1. The fraction of sp³-hybridized carbons (Fsp3) is 0.455. The second kappa shape index (κ2) is 14.3. The molecule has 2 aromatic rings. The van der Waals surface area contributed by atoms with E-state index in [9.17, 15) is 19.1 Å². The van der Waals surface area contributed by atoms with Crippen LogP contribution >= 0.6 is 0 Å². The van der Waals surface area contributed by atoms with Gasteiger partial charge in [0.1, 0.15) is 18.2 Å². The molecule has 0 saturated heterocycles. The van der Waals surface area contributed by atoms with Crippen LogP contribution in [-0.2, 0) is 21.5 Å². The minimum atomic E-state index is -0.952. The summed E-state index contributed by atoms with van der Waals surface area (Å²) in [5.74, 6) is 2.30. The van der Waals surface area contributed by atoms with Crippen LogP contribution in [0.5, 0.6) is 5.75 Å². The second-order valence-corrected chi connectivity index (χ2v) is 10.9. The zero-order valence-corrected chi connectivity index (χ0v) is 23.7. The summed E-state index contributed by atoms with van der Waals surface area (Å²) in [6.07, 6.45) is 12.0. The number of carbonyl (C=O) groups excluding carboxylic acids is 2. The largest absolute Gasteiger partial charge is 0.489 e. The maximum Gasteiger partial charge on any atom is 0.222 e. The minimum absolute atomic E-state index is 0.00678. The first-order chi connectivity index (χ1) is 19.8. The van der Waals surface area contributed by atoms with Crippen molar-refractivity contribution in [2.75, 3.05) is 26.2 Å². The molecule has 0 radical (unpaired) electrons. The van der Waals surface area contributed by atoms with Gasteiger partial charge in [-0.15, -0.1) is 6.42 Å². The highest BCUT2D eigenvalue weighted by Crippen LogP contribution is 2.45. The number of terminal acetylenes is 1. The summed E-state index contributed by atoms with van der Waals surface area (Å²) in [5.41, 5.74) is 2.20.